The number of ether oxygens (including phenoxy) is 1. The van der Waals surface area contributed by atoms with E-state index in [1.807, 2.05) is 42.5 Å². The molecule has 110 valence electrons. The summed E-state index contributed by atoms with van der Waals surface area (Å²) in [5, 5.41) is 0.520. The topological polar surface area (TPSA) is 39.4 Å². The lowest BCUT2D eigenvalue weighted by Crippen LogP contribution is -2.01. The highest BCUT2D eigenvalue weighted by atomic mass is 35.5. The summed E-state index contributed by atoms with van der Waals surface area (Å²) in [6.45, 7) is 0.429. The highest BCUT2D eigenvalue weighted by Crippen LogP contribution is 2.20. The molecule has 0 aliphatic rings. The predicted molar refractivity (Wildman–Crippen MR) is 88.5 cm³/mol. The molecule has 3 aromatic rings. The van der Waals surface area contributed by atoms with E-state index in [1.165, 1.54) is 6.26 Å². The minimum atomic E-state index is -0.238. The Kier molecular flexibility index (Phi) is 4.26. The fourth-order valence-corrected chi connectivity index (χ4v) is 2.21. The Labute approximate surface area is 132 Å². The maximum absolute atomic E-state index is 11.8. The van der Waals surface area contributed by atoms with Crippen molar-refractivity contribution in [2.75, 3.05) is 6.61 Å². The van der Waals surface area contributed by atoms with E-state index in [-0.39, 0.29) is 10.5 Å². The summed E-state index contributed by atoms with van der Waals surface area (Å²) in [5.74, 6) is 0.635. The molecule has 0 bridgehead atoms. The number of hydrogen-bond donors (Lipinski definition) is 0. The van der Waals surface area contributed by atoms with Crippen LogP contribution in [0.5, 0.6) is 5.75 Å². The maximum Gasteiger partial charge on any atom is 0.211 e. The Morgan fingerprint density at radius 3 is 2.77 bits per heavy atom. The second kappa shape index (κ2) is 6.50. The molecule has 3 rings (SSSR count). The summed E-state index contributed by atoms with van der Waals surface area (Å²) in [7, 11) is 0. The molecule has 1 aromatic heterocycles. The molecule has 0 radical (unpaired) electrons. The van der Waals surface area contributed by atoms with Crippen molar-refractivity contribution in [1.82, 2.24) is 0 Å². The molecule has 0 N–H and O–H groups in total. The first-order chi connectivity index (χ1) is 10.7. The number of benzene rings is 2. The van der Waals surface area contributed by atoms with Gasteiger partial charge < -0.3 is 9.15 Å². The third kappa shape index (κ3) is 3.21. The van der Waals surface area contributed by atoms with Gasteiger partial charge in [0.1, 0.15) is 29.2 Å². The van der Waals surface area contributed by atoms with Gasteiger partial charge in [-0.2, -0.15) is 0 Å². The standard InChI is InChI=1S/C18H13ClO3/c19-16-12-22-17-11-14(8-9-15(17)18(16)20)21-10-4-7-13-5-2-1-3-6-13/h1-9,11-12H,10H2/b7-4+. The summed E-state index contributed by atoms with van der Waals surface area (Å²) >= 11 is 5.74. The van der Waals surface area contributed by atoms with Crippen molar-refractivity contribution >= 4 is 28.6 Å². The maximum atomic E-state index is 11.8. The molecule has 4 heteroatoms. The summed E-state index contributed by atoms with van der Waals surface area (Å²) in [5.41, 5.74) is 1.34. The Hall–Kier alpha value is -2.52. The van der Waals surface area contributed by atoms with E-state index < -0.39 is 0 Å². The van der Waals surface area contributed by atoms with Crippen molar-refractivity contribution in [2.24, 2.45) is 0 Å². The van der Waals surface area contributed by atoms with E-state index in [2.05, 4.69) is 0 Å². The van der Waals surface area contributed by atoms with Crippen molar-refractivity contribution < 1.29 is 9.15 Å². The minimum absolute atomic E-state index is 0.0759. The van der Waals surface area contributed by atoms with Crippen LogP contribution in [0.15, 0.2) is 70.1 Å². The monoisotopic (exact) mass is 312 g/mol. The number of hydrogen-bond acceptors (Lipinski definition) is 3. The molecule has 0 saturated heterocycles. The lowest BCUT2D eigenvalue weighted by molar-refractivity contribution is 0.363. The number of halogens is 1. The van der Waals surface area contributed by atoms with Gasteiger partial charge in [0, 0.05) is 6.07 Å². The SMILES string of the molecule is O=c1c(Cl)coc2cc(OC/C=C/c3ccccc3)ccc12. The molecule has 0 fully saturated rings. The van der Waals surface area contributed by atoms with Crippen LogP contribution in [0.4, 0.5) is 0 Å². The van der Waals surface area contributed by atoms with Crippen LogP contribution in [0.3, 0.4) is 0 Å². The molecular formula is C18H13ClO3. The van der Waals surface area contributed by atoms with Gasteiger partial charge in [0.25, 0.3) is 0 Å². The van der Waals surface area contributed by atoms with E-state index in [0.29, 0.717) is 23.3 Å². The molecular weight excluding hydrogens is 300 g/mol. The van der Waals surface area contributed by atoms with Crippen molar-refractivity contribution in [3.8, 4) is 5.75 Å². The molecule has 0 aliphatic carbocycles. The lowest BCUT2D eigenvalue weighted by atomic mass is 10.2. The van der Waals surface area contributed by atoms with Crippen molar-refractivity contribution in [3.05, 3.63) is 81.7 Å². The summed E-state index contributed by atoms with van der Waals surface area (Å²) in [4.78, 5) is 11.8. The second-order valence-corrected chi connectivity index (χ2v) is 5.10. The fraction of sp³-hybridized carbons (Fsp3) is 0.0556. The molecule has 0 saturated carbocycles. The first-order valence-electron chi connectivity index (χ1n) is 6.79. The quantitative estimate of drug-likeness (QED) is 0.710. The smallest absolute Gasteiger partial charge is 0.211 e. The fourth-order valence-electron chi connectivity index (χ4n) is 2.07. The lowest BCUT2D eigenvalue weighted by Gasteiger charge is -2.04. The Balaban J connectivity index is 1.71. The molecule has 0 spiro atoms. The molecule has 0 atom stereocenters. The molecule has 0 aliphatic heterocycles. The van der Waals surface area contributed by atoms with Gasteiger partial charge in [-0.15, -0.1) is 0 Å². The first-order valence-corrected chi connectivity index (χ1v) is 7.17. The minimum Gasteiger partial charge on any atom is -0.489 e. The summed E-state index contributed by atoms with van der Waals surface area (Å²) in [6.07, 6.45) is 5.16. The van der Waals surface area contributed by atoms with E-state index >= 15 is 0 Å². The van der Waals surface area contributed by atoms with Crippen LogP contribution in [0.25, 0.3) is 17.0 Å². The Bertz CT molecular complexity index is 866. The molecule has 0 unspecified atom stereocenters. The largest absolute Gasteiger partial charge is 0.489 e. The molecule has 0 amide bonds. The summed E-state index contributed by atoms with van der Waals surface area (Å²) in [6, 6.07) is 15.0. The van der Waals surface area contributed by atoms with Gasteiger partial charge in [-0.1, -0.05) is 48.0 Å². The van der Waals surface area contributed by atoms with Gasteiger partial charge in [-0.05, 0) is 23.8 Å². The average molecular weight is 313 g/mol. The third-order valence-corrected chi connectivity index (χ3v) is 3.42. The van der Waals surface area contributed by atoms with Gasteiger partial charge in [-0.3, -0.25) is 4.79 Å². The average Bonchev–Trinajstić information content (AvgIpc) is 2.56. The molecule has 2 aromatic carbocycles. The van der Waals surface area contributed by atoms with Crippen LogP contribution in [0.2, 0.25) is 5.02 Å². The van der Waals surface area contributed by atoms with Gasteiger partial charge in [0.2, 0.25) is 5.43 Å². The van der Waals surface area contributed by atoms with E-state index in [4.69, 9.17) is 20.8 Å². The molecule has 1 heterocycles. The molecule has 3 nitrogen and oxygen atoms in total. The van der Waals surface area contributed by atoms with Gasteiger partial charge in [0.15, 0.2) is 0 Å². The zero-order valence-corrected chi connectivity index (χ0v) is 12.4. The highest BCUT2D eigenvalue weighted by molar-refractivity contribution is 6.30. The van der Waals surface area contributed by atoms with E-state index in [0.717, 1.165) is 5.56 Å². The number of rotatable bonds is 4. The second-order valence-electron chi connectivity index (χ2n) is 4.69. The van der Waals surface area contributed by atoms with Crippen LogP contribution < -0.4 is 10.2 Å². The zero-order valence-electron chi connectivity index (χ0n) is 11.7. The zero-order chi connectivity index (χ0) is 15.4. The predicted octanol–water partition coefficient (Wildman–Crippen LogP) is 4.54. The van der Waals surface area contributed by atoms with Gasteiger partial charge in [0.05, 0.1) is 5.39 Å². The van der Waals surface area contributed by atoms with Crippen LogP contribution in [-0.4, -0.2) is 6.61 Å². The van der Waals surface area contributed by atoms with Gasteiger partial charge >= 0.3 is 0 Å². The van der Waals surface area contributed by atoms with Crippen LogP contribution in [-0.2, 0) is 0 Å². The third-order valence-electron chi connectivity index (χ3n) is 3.16. The summed E-state index contributed by atoms with van der Waals surface area (Å²) < 4.78 is 10.9. The van der Waals surface area contributed by atoms with Crippen LogP contribution >= 0.6 is 11.6 Å². The van der Waals surface area contributed by atoms with E-state index in [9.17, 15) is 4.79 Å². The van der Waals surface area contributed by atoms with Crippen molar-refractivity contribution in [2.45, 2.75) is 0 Å². The van der Waals surface area contributed by atoms with Crippen LogP contribution in [0, 0.1) is 0 Å². The molecule has 22 heavy (non-hydrogen) atoms. The number of fused-ring (bicyclic) bond motifs is 1. The van der Waals surface area contributed by atoms with Crippen LogP contribution in [0.1, 0.15) is 5.56 Å². The first kappa shape index (κ1) is 14.4. The highest BCUT2D eigenvalue weighted by Gasteiger charge is 2.06. The van der Waals surface area contributed by atoms with Gasteiger partial charge in [-0.25, -0.2) is 0 Å². The van der Waals surface area contributed by atoms with E-state index in [1.54, 1.807) is 18.2 Å². The normalized spacial score (nSPS) is 11.1. The van der Waals surface area contributed by atoms with Crippen molar-refractivity contribution in [1.29, 1.82) is 0 Å². The Morgan fingerprint density at radius 2 is 1.95 bits per heavy atom. The van der Waals surface area contributed by atoms with Crippen molar-refractivity contribution in [3.63, 3.8) is 0 Å². The Morgan fingerprint density at radius 1 is 1.14 bits per heavy atom.